The molecular formula is C40H49N5O12. The molecule has 3 aliphatic rings. The summed E-state index contributed by atoms with van der Waals surface area (Å²) < 4.78 is 10.4. The molecule has 0 unspecified atom stereocenters. The molecule has 0 heterocycles. The van der Waals surface area contributed by atoms with Gasteiger partial charge in [-0.25, -0.2) is 9.59 Å². The van der Waals surface area contributed by atoms with Crippen LogP contribution in [-0.2, 0) is 30.3 Å². The van der Waals surface area contributed by atoms with Crippen LogP contribution in [0.15, 0.2) is 46.9 Å². The number of carbonyl (C=O) groups is 6. The molecule has 0 aromatic heterocycles. The fourth-order valence-electron chi connectivity index (χ4n) is 8.12. The molecule has 5 rings (SSSR count). The number of allylic oxidation sites excluding steroid dienone is 1. The van der Waals surface area contributed by atoms with Gasteiger partial charge in [0.1, 0.15) is 23.6 Å². The van der Waals surface area contributed by atoms with E-state index in [2.05, 4.69) is 5.32 Å². The summed E-state index contributed by atoms with van der Waals surface area (Å²) in [6, 6.07) is 5.58. The molecule has 3 amide bonds. The minimum atomic E-state index is -2.82. The summed E-state index contributed by atoms with van der Waals surface area (Å²) >= 11 is 0. The molecule has 0 saturated carbocycles. The number of phenolic OH excluding ortho intramolecular Hbond substituents is 1. The van der Waals surface area contributed by atoms with Gasteiger partial charge in [-0.2, -0.15) is 0 Å². The van der Waals surface area contributed by atoms with Crippen molar-refractivity contribution in [2.24, 2.45) is 17.6 Å². The zero-order valence-electron chi connectivity index (χ0n) is 33.3. The Balaban J connectivity index is 1.44. The van der Waals surface area contributed by atoms with Gasteiger partial charge in [0.15, 0.2) is 17.1 Å². The molecule has 306 valence electrons. The highest BCUT2D eigenvalue weighted by atomic mass is 16.7. The average molecular weight is 792 g/mol. The van der Waals surface area contributed by atoms with Crippen LogP contribution in [0, 0.1) is 25.7 Å². The number of anilines is 2. The van der Waals surface area contributed by atoms with Crippen molar-refractivity contribution in [3.05, 3.63) is 74.7 Å². The third kappa shape index (κ3) is 7.28. The SMILES string of the molecule is Cc1cccc(C)c1C(=O)OCOC(=O)N(CC(=O)Nc1cc(N(C)C)c2c(c1O)C(=O)C1=C(O)[C@]3(O)C(=O)C(C(N)=O)=C(O)[C@@H](N(C)C)[C@@H]3C[C@@H]1C2)C(C)(C)C. The third-order valence-corrected chi connectivity index (χ3v) is 10.8. The summed E-state index contributed by atoms with van der Waals surface area (Å²) in [6.45, 7) is 7.08. The van der Waals surface area contributed by atoms with E-state index in [4.69, 9.17) is 15.2 Å². The number of aliphatic hydroxyl groups is 3. The van der Waals surface area contributed by atoms with Crippen LogP contribution in [0.4, 0.5) is 16.2 Å². The van der Waals surface area contributed by atoms with E-state index in [9.17, 15) is 49.2 Å². The smallest absolute Gasteiger partial charge is 0.413 e. The largest absolute Gasteiger partial charge is 0.510 e. The number of carbonyl (C=O) groups excluding carboxylic acids is 6. The van der Waals surface area contributed by atoms with E-state index in [0.717, 1.165) is 4.90 Å². The zero-order chi connectivity index (χ0) is 42.6. The van der Waals surface area contributed by atoms with E-state index in [0.29, 0.717) is 27.9 Å². The minimum absolute atomic E-state index is 0.0292. The highest BCUT2D eigenvalue weighted by molar-refractivity contribution is 6.25. The Kier molecular flexibility index (Phi) is 11.2. The molecule has 0 radical (unpaired) electrons. The molecule has 57 heavy (non-hydrogen) atoms. The second-order valence-electron chi connectivity index (χ2n) is 16.0. The van der Waals surface area contributed by atoms with Crippen LogP contribution < -0.4 is 16.0 Å². The number of likely N-dealkylation sites (N-methyl/N-ethyl adjacent to an activating group) is 1. The molecule has 0 fully saturated rings. The van der Waals surface area contributed by atoms with Gasteiger partial charge in [-0.3, -0.25) is 29.0 Å². The van der Waals surface area contributed by atoms with Crippen LogP contribution in [0.25, 0.3) is 0 Å². The number of aryl methyl sites for hydroxylation is 2. The van der Waals surface area contributed by atoms with Gasteiger partial charge < -0.3 is 45.9 Å². The lowest BCUT2D eigenvalue weighted by atomic mass is 9.58. The number of Topliss-reactive ketones (excluding diaryl/α,β-unsaturated/α-hetero) is 2. The molecule has 17 nitrogen and oxygen atoms in total. The van der Waals surface area contributed by atoms with Crippen LogP contribution in [0.5, 0.6) is 5.75 Å². The lowest BCUT2D eigenvalue weighted by Crippen LogP contribution is -2.63. The summed E-state index contributed by atoms with van der Waals surface area (Å²) in [7, 11) is 6.43. The number of nitrogens with two attached hydrogens (primary N) is 1. The van der Waals surface area contributed by atoms with Crippen molar-refractivity contribution in [3.8, 4) is 5.75 Å². The molecule has 0 aliphatic heterocycles. The molecule has 7 N–H and O–H groups in total. The van der Waals surface area contributed by atoms with Gasteiger partial charge in [0.05, 0.1) is 22.9 Å². The first-order valence-corrected chi connectivity index (χ1v) is 18.1. The number of phenols is 1. The number of amides is 3. The van der Waals surface area contributed by atoms with Crippen molar-refractivity contribution < 1.29 is 58.7 Å². The van der Waals surface area contributed by atoms with Crippen LogP contribution in [0.3, 0.4) is 0 Å². The van der Waals surface area contributed by atoms with Crippen molar-refractivity contribution in [2.75, 3.05) is 51.7 Å². The Labute approximate surface area is 329 Å². The molecular weight excluding hydrogens is 742 g/mol. The Bertz CT molecular complexity index is 2130. The van der Waals surface area contributed by atoms with Gasteiger partial charge in [0, 0.05) is 36.8 Å². The fraction of sp³-hybridized carbons (Fsp3) is 0.450. The number of nitrogens with zero attached hydrogens (tertiary/aromatic N) is 3. The summed E-state index contributed by atoms with van der Waals surface area (Å²) in [5.74, 6) is -9.51. The van der Waals surface area contributed by atoms with Gasteiger partial charge in [0.2, 0.25) is 18.5 Å². The molecule has 4 atom stereocenters. The number of fused-ring (bicyclic) bond motifs is 3. The predicted octanol–water partition coefficient (Wildman–Crippen LogP) is 2.79. The van der Waals surface area contributed by atoms with Crippen molar-refractivity contribution in [3.63, 3.8) is 0 Å². The number of benzene rings is 2. The van der Waals surface area contributed by atoms with Crippen molar-refractivity contribution in [2.45, 2.75) is 64.6 Å². The van der Waals surface area contributed by atoms with E-state index < -0.39 is 101 Å². The summed E-state index contributed by atoms with van der Waals surface area (Å²) in [5, 5.41) is 48.8. The van der Waals surface area contributed by atoms with Crippen molar-refractivity contribution >= 4 is 46.8 Å². The van der Waals surface area contributed by atoms with Crippen LogP contribution in [0.2, 0.25) is 0 Å². The number of primary amides is 1. The number of nitrogens with one attached hydrogen (secondary N) is 1. The molecule has 0 bridgehead atoms. The maximum Gasteiger partial charge on any atom is 0.413 e. The molecule has 0 saturated heterocycles. The standard InChI is InChI=1S/C40H49N5O12/c1-18-11-10-12-19(2)26(18)37(53)56-17-57-38(54)45(39(3,4)5)16-25(46)42-23-15-24(43(6)7)21-13-20-14-22-30(44(8)9)33(49)29(36(41)52)35(51)40(22,55)34(50)27(20)32(48)28(21)31(23)47/h10-12,15,20,22,30,47,49-50,55H,13-14,16-17H2,1-9H3,(H2,41,52)(H,42,46)/t20-,22-,30-,40-/m0/s1. The Morgan fingerprint density at radius 3 is 2.16 bits per heavy atom. The molecule has 2 aromatic carbocycles. The number of hydrogen-bond donors (Lipinski definition) is 6. The predicted molar refractivity (Wildman–Crippen MR) is 206 cm³/mol. The summed E-state index contributed by atoms with van der Waals surface area (Å²) in [6.07, 6.45) is -1.05. The van der Waals surface area contributed by atoms with Gasteiger partial charge >= 0.3 is 12.1 Å². The lowest BCUT2D eigenvalue weighted by Gasteiger charge is -2.50. The first-order valence-electron chi connectivity index (χ1n) is 18.1. The average Bonchev–Trinajstić information content (AvgIpc) is 3.08. The van der Waals surface area contributed by atoms with Gasteiger partial charge in [0.25, 0.3) is 5.91 Å². The molecule has 3 aliphatic carbocycles. The van der Waals surface area contributed by atoms with Gasteiger partial charge in [-0.1, -0.05) is 18.2 Å². The zero-order valence-corrected chi connectivity index (χ0v) is 33.3. The van der Waals surface area contributed by atoms with E-state index in [-0.39, 0.29) is 29.7 Å². The van der Waals surface area contributed by atoms with Crippen LogP contribution >= 0.6 is 0 Å². The number of rotatable bonds is 9. The molecule has 2 aromatic rings. The second kappa shape index (κ2) is 15.2. The van der Waals surface area contributed by atoms with Crippen molar-refractivity contribution in [1.82, 2.24) is 9.80 Å². The monoisotopic (exact) mass is 791 g/mol. The maximum atomic E-state index is 14.4. The van der Waals surface area contributed by atoms with Gasteiger partial charge in [-0.15, -0.1) is 0 Å². The van der Waals surface area contributed by atoms with E-state index in [1.54, 1.807) is 85.9 Å². The minimum Gasteiger partial charge on any atom is -0.510 e. The van der Waals surface area contributed by atoms with E-state index in [1.807, 2.05) is 0 Å². The Hall–Kier alpha value is -5.94. The fourth-order valence-corrected chi connectivity index (χ4v) is 8.12. The lowest BCUT2D eigenvalue weighted by molar-refractivity contribution is -0.148. The van der Waals surface area contributed by atoms with Gasteiger partial charge in [-0.05, 0) is 90.2 Å². The topological polar surface area (TPSA) is 250 Å². The summed E-state index contributed by atoms with van der Waals surface area (Å²) in [5.41, 5.74) is 2.24. The second-order valence-corrected chi connectivity index (χ2v) is 16.0. The molecule has 17 heteroatoms. The number of hydrogen-bond acceptors (Lipinski definition) is 14. The number of esters is 1. The third-order valence-electron chi connectivity index (χ3n) is 10.8. The first-order chi connectivity index (χ1) is 26.4. The van der Waals surface area contributed by atoms with E-state index in [1.165, 1.54) is 11.0 Å². The van der Waals surface area contributed by atoms with Crippen molar-refractivity contribution in [1.29, 1.82) is 0 Å². The number of ketones is 2. The highest BCUT2D eigenvalue weighted by Crippen LogP contribution is 2.54. The first kappa shape index (κ1) is 42.2. The number of aliphatic hydroxyl groups excluding tert-OH is 2. The van der Waals surface area contributed by atoms with E-state index >= 15 is 0 Å². The number of aromatic hydroxyl groups is 1. The highest BCUT2D eigenvalue weighted by Gasteiger charge is 2.63. The Morgan fingerprint density at radius 2 is 1.61 bits per heavy atom. The summed E-state index contributed by atoms with van der Waals surface area (Å²) in [4.78, 5) is 84.1. The Morgan fingerprint density at radius 1 is 1.00 bits per heavy atom. The molecule has 0 spiro atoms. The normalized spacial score (nSPS) is 21.7. The van der Waals surface area contributed by atoms with Crippen LogP contribution in [0.1, 0.15) is 64.6 Å². The van der Waals surface area contributed by atoms with Crippen LogP contribution in [-0.4, -0.2) is 124 Å². The maximum absolute atomic E-state index is 14.4. The quantitative estimate of drug-likeness (QED) is 0.0926. The number of ether oxygens (including phenoxy) is 2.